The first kappa shape index (κ1) is 23.1. The van der Waals surface area contributed by atoms with Gasteiger partial charge in [0.05, 0.1) is 28.4 Å². The average molecular weight is 439 g/mol. The third-order valence-electron chi connectivity index (χ3n) is 5.28. The fourth-order valence-electron chi connectivity index (χ4n) is 3.59. The third kappa shape index (κ3) is 4.66. The number of amides is 1. The van der Waals surface area contributed by atoms with Gasteiger partial charge in [0, 0.05) is 23.9 Å². The minimum atomic E-state index is -0.165. The lowest BCUT2D eigenvalue weighted by Crippen LogP contribution is -2.25. The van der Waals surface area contributed by atoms with E-state index in [1.165, 1.54) is 0 Å². The van der Waals surface area contributed by atoms with Gasteiger partial charge in [0.15, 0.2) is 11.5 Å². The molecule has 3 aromatic rings. The number of methoxy groups -OCH3 is 4. The standard InChI is InChI=1S/C25H30N2O5/c1-6-7-12-26-25(28)23-22(17-13-20(30-3)24(32-5)21(14-17)31-4)19(15-27-23)16-8-10-18(29-2)11-9-16/h8-11,13-15,27H,6-7,12H2,1-5H3,(H,26,28). The van der Waals surface area contributed by atoms with Crippen LogP contribution in [0.3, 0.4) is 0 Å². The lowest BCUT2D eigenvalue weighted by atomic mass is 9.95. The molecule has 0 radical (unpaired) electrons. The Morgan fingerprint density at radius 2 is 1.56 bits per heavy atom. The molecule has 170 valence electrons. The number of carbonyl (C=O) groups is 1. The Morgan fingerprint density at radius 1 is 0.906 bits per heavy atom. The molecule has 32 heavy (non-hydrogen) atoms. The van der Waals surface area contributed by atoms with Gasteiger partial charge in [0.25, 0.3) is 5.91 Å². The van der Waals surface area contributed by atoms with E-state index >= 15 is 0 Å². The van der Waals surface area contributed by atoms with Gasteiger partial charge in [-0.05, 0) is 41.8 Å². The molecule has 0 spiro atoms. The summed E-state index contributed by atoms with van der Waals surface area (Å²) < 4.78 is 21.8. The van der Waals surface area contributed by atoms with E-state index in [9.17, 15) is 4.79 Å². The summed E-state index contributed by atoms with van der Waals surface area (Å²) in [4.78, 5) is 16.2. The normalized spacial score (nSPS) is 10.5. The quantitative estimate of drug-likeness (QED) is 0.440. The van der Waals surface area contributed by atoms with Crippen LogP contribution >= 0.6 is 0 Å². The van der Waals surface area contributed by atoms with Crippen molar-refractivity contribution in [2.75, 3.05) is 35.0 Å². The van der Waals surface area contributed by atoms with E-state index < -0.39 is 0 Å². The number of rotatable bonds is 10. The highest BCUT2D eigenvalue weighted by Crippen LogP contribution is 2.44. The monoisotopic (exact) mass is 438 g/mol. The van der Waals surface area contributed by atoms with Gasteiger partial charge < -0.3 is 29.2 Å². The number of H-pyrrole nitrogens is 1. The van der Waals surface area contributed by atoms with Crippen molar-refractivity contribution in [1.29, 1.82) is 0 Å². The maximum absolute atomic E-state index is 13.0. The Labute approximate surface area is 188 Å². The van der Waals surface area contributed by atoms with Crippen molar-refractivity contribution in [3.05, 3.63) is 48.3 Å². The van der Waals surface area contributed by atoms with Gasteiger partial charge in [0.2, 0.25) is 5.75 Å². The molecule has 7 nitrogen and oxygen atoms in total. The van der Waals surface area contributed by atoms with Crippen LogP contribution in [-0.2, 0) is 0 Å². The van der Waals surface area contributed by atoms with E-state index in [1.807, 2.05) is 42.6 Å². The van der Waals surface area contributed by atoms with E-state index in [0.717, 1.165) is 40.8 Å². The van der Waals surface area contributed by atoms with Crippen molar-refractivity contribution < 1.29 is 23.7 Å². The largest absolute Gasteiger partial charge is 0.497 e. The fraction of sp³-hybridized carbons (Fsp3) is 0.320. The average Bonchev–Trinajstić information content (AvgIpc) is 3.28. The lowest BCUT2D eigenvalue weighted by molar-refractivity contribution is 0.0949. The Kier molecular flexibility index (Phi) is 7.65. The van der Waals surface area contributed by atoms with Crippen LogP contribution in [0.5, 0.6) is 23.0 Å². The second-order valence-corrected chi connectivity index (χ2v) is 7.20. The van der Waals surface area contributed by atoms with Gasteiger partial charge in [-0.2, -0.15) is 0 Å². The fourth-order valence-corrected chi connectivity index (χ4v) is 3.59. The van der Waals surface area contributed by atoms with E-state index in [2.05, 4.69) is 17.2 Å². The Hall–Kier alpha value is -3.61. The minimum Gasteiger partial charge on any atom is -0.497 e. The number of ether oxygens (including phenoxy) is 4. The van der Waals surface area contributed by atoms with Gasteiger partial charge in [-0.1, -0.05) is 25.5 Å². The first-order valence-corrected chi connectivity index (χ1v) is 10.5. The summed E-state index contributed by atoms with van der Waals surface area (Å²) in [6.07, 6.45) is 3.76. The molecule has 0 aliphatic carbocycles. The number of aromatic amines is 1. The number of hydrogen-bond acceptors (Lipinski definition) is 5. The molecule has 0 bridgehead atoms. The molecule has 2 N–H and O–H groups in total. The van der Waals surface area contributed by atoms with Crippen LogP contribution in [0.2, 0.25) is 0 Å². The summed E-state index contributed by atoms with van der Waals surface area (Å²) in [6, 6.07) is 11.4. The molecule has 0 aliphatic heterocycles. The molecule has 1 aromatic heterocycles. The Balaban J connectivity index is 2.18. The molecular weight excluding hydrogens is 408 g/mol. The number of hydrogen-bond donors (Lipinski definition) is 2. The Bertz CT molecular complexity index is 1030. The molecule has 1 heterocycles. The van der Waals surface area contributed by atoms with E-state index in [4.69, 9.17) is 18.9 Å². The zero-order chi connectivity index (χ0) is 23.1. The second kappa shape index (κ2) is 10.6. The van der Waals surface area contributed by atoms with Crippen molar-refractivity contribution in [3.63, 3.8) is 0 Å². The molecule has 3 rings (SSSR count). The number of nitrogens with one attached hydrogen (secondary N) is 2. The molecule has 2 aromatic carbocycles. The molecule has 0 saturated carbocycles. The number of benzene rings is 2. The van der Waals surface area contributed by atoms with Crippen molar-refractivity contribution >= 4 is 5.91 Å². The highest BCUT2D eigenvalue weighted by atomic mass is 16.5. The van der Waals surface area contributed by atoms with Crippen LogP contribution in [-0.4, -0.2) is 45.9 Å². The van der Waals surface area contributed by atoms with Crippen LogP contribution in [0.1, 0.15) is 30.3 Å². The number of unbranched alkanes of at least 4 members (excludes halogenated alkanes) is 1. The molecule has 1 amide bonds. The number of carbonyl (C=O) groups excluding carboxylic acids is 1. The van der Waals surface area contributed by atoms with Crippen LogP contribution < -0.4 is 24.3 Å². The molecule has 0 atom stereocenters. The molecule has 0 saturated heterocycles. The minimum absolute atomic E-state index is 0.165. The summed E-state index contributed by atoms with van der Waals surface area (Å²) in [7, 11) is 6.33. The maximum Gasteiger partial charge on any atom is 0.268 e. The van der Waals surface area contributed by atoms with E-state index in [1.54, 1.807) is 28.4 Å². The summed E-state index contributed by atoms with van der Waals surface area (Å²) >= 11 is 0. The van der Waals surface area contributed by atoms with Gasteiger partial charge in [-0.25, -0.2) is 0 Å². The van der Waals surface area contributed by atoms with Crippen LogP contribution in [0.15, 0.2) is 42.6 Å². The zero-order valence-corrected chi connectivity index (χ0v) is 19.2. The van der Waals surface area contributed by atoms with Crippen molar-refractivity contribution in [2.24, 2.45) is 0 Å². The number of aromatic nitrogens is 1. The molecule has 7 heteroatoms. The highest BCUT2D eigenvalue weighted by molar-refractivity contribution is 6.04. The molecular formula is C25H30N2O5. The predicted octanol–water partition coefficient (Wildman–Crippen LogP) is 4.91. The van der Waals surface area contributed by atoms with Gasteiger partial charge in [0.1, 0.15) is 11.4 Å². The van der Waals surface area contributed by atoms with Gasteiger partial charge in [-0.15, -0.1) is 0 Å². The predicted molar refractivity (Wildman–Crippen MR) is 125 cm³/mol. The molecule has 0 fully saturated rings. The summed E-state index contributed by atoms with van der Waals surface area (Å²) in [6.45, 7) is 2.70. The van der Waals surface area contributed by atoms with E-state index in [0.29, 0.717) is 29.5 Å². The van der Waals surface area contributed by atoms with Crippen LogP contribution in [0.25, 0.3) is 22.3 Å². The summed E-state index contributed by atoms with van der Waals surface area (Å²) in [5.41, 5.74) is 3.82. The van der Waals surface area contributed by atoms with Gasteiger partial charge in [-0.3, -0.25) is 4.79 Å². The Morgan fingerprint density at radius 3 is 2.09 bits per heavy atom. The topological polar surface area (TPSA) is 81.8 Å². The summed E-state index contributed by atoms with van der Waals surface area (Å²) in [5.74, 6) is 2.12. The summed E-state index contributed by atoms with van der Waals surface area (Å²) in [5, 5.41) is 3.00. The SMILES string of the molecule is CCCCNC(=O)c1[nH]cc(-c2ccc(OC)cc2)c1-c1cc(OC)c(OC)c(OC)c1. The first-order valence-electron chi connectivity index (χ1n) is 10.5. The molecule has 0 unspecified atom stereocenters. The lowest BCUT2D eigenvalue weighted by Gasteiger charge is -2.16. The smallest absolute Gasteiger partial charge is 0.268 e. The van der Waals surface area contributed by atoms with Crippen LogP contribution in [0.4, 0.5) is 0 Å². The second-order valence-electron chi connectivity index (χ2n) is 7.20. The zero-order valence-electron chi connectivity index (χ0n) is 19.2. The van der Waals surface area contributed by atoms with E-state index in [-0.39, 0.29) is 5.91 Å². The van der Waals surface area contributed by atoms with Crippen LogP contribution in [0, 0.1) is 0 Å². The van der Waals surface area contributed by atoms with Crippen molar-refractivity contribution in [3.8, 4) is 45.3 Å². The van der Waals surface area contributed by atoms with Crippen molar-refractivity contribution in [2.45, 2.75) is 19.8 Å². The third-order valence-corrected chi connectivity index (χ3v) is 5.28. The van der Waals surface area contributed by atoms with Crippen molar-refractivity contribution in [1.82, 2.24) is 10.3 Å². The van der Waals surface area contributed by atoms with Gasteiger partial charge >= 0.3 is 0 Å². The maximum atomic E-state index is 13.0. The highest BCUT2D eigenvalue weighted by Gasteiger charge is 2.23. The molecule has 0 aliphatic rings. The first-order chi connectivity index (χ1) is 15.6.